The van der Waals surface area contributed by atoms with Crippen molar-refractivity contribution in [2.75, 3.05) is 42.9 Å². The fraction of sp³-hybridized carbons (Fsp3) is 0.333. The van der Waals surface area contributed by atoms with Gasteiger partial charge in [0.05, 0.1) is 13.1 Å². The zero-order valence-electron chi connectivity index (χ0n) is 21.6. The molecule has 198 valence electrons. The first kappa shape index (κ1) is 25.9. The van der Waals surface area contributed by atoms with Gasteiger partial charge in [-0.15, -0.1) is 0 Å². The van der Waals surface area contributed by atoms with Crippen LogP contribution in [0.4, 0.5) is 11.6 Å². The molecule has 0 saturated carbocycles. The van der Waals surface area contributed by atoms with Gasteiger partial charge in [-0.2, -0.15) is 4.98 Å². The highest BCUT2D eigenvalue weighted by Gasteiger charge is 2.26. The number of aryl methyl sites for hydroxylation is 2. The Morgan fingerprint density at radius 2 is 1.61 bits per heavy atom. The second kappa shape index (κ2) is 10.6. The van der Waals surface area contributed by atoms with Crippen LogP contribution in [0.15, 0.2) is 62.6 Å². The number of benzene rings is 2. The molecular formula is C27H30BrN7O3. The number of hydrogen-bond donors (Lipinski definition) is 1. The summed E-state index contributed by atoms with van der Waals surface area (Å²) in [5, 5.41) is 2.96. The smallest absolute Gasteiger partial charge is 0.332 e. The van der Waals surface area contributed by atoms with Crippen molar-refractivity contribution in [3.8, 4) is 0 Å². The van der Waals surface area contributed by atoms with E-state index in [2.05, 4.69) is 31.0 Å². The summed E-state index contributed by atoms with van der Waals surface area (Å²) in [6.07, 6.45) is 0. The molecule has 1 saturated heterocycles. The van der Waals surface area contributed by atoms with Gasteiger partial charge in [0.25, 0.3) is 5.56 Å². The molecule has 1 aliphatic rings. The summed E-state index contributed by atoms with van der Waals surface area (Å²) in [4.78, 5) is 47.4. The Labute approximate surface area is 228 Å². The Morgan fingerprint density at radius 1 is 0.947 bits per heavy atom. The van der Waals surface area contributed by atoms with Crippen LogP contribution in [0.25, 0.3) is 11.2 Å². The van der Waals surface area contributed by atoms with Crippen LogP contribution < -0.4 is 21.5 Å². The number of halogens is 1. The number of anilines is 2. The predicted octanol–water partition coefficient (Wildman–Crippen LogP) is 2.31. The Morgan fingerprint density at radius 3 is 2.26 bits per heavy atom. The van der Waals surface area contributed by atoms with Gasteiger partial charge in [-0.25, -0.2) is 4.79 Å². The van der Waals surface area contributed by atoms with E-state index in [9.17, 15) is 14.4 Å². The van der Waals surface area contributed by atoms with Gasteiger partial charge < -0.3 is 10.2 Å². The number of imidazole rings is 1. The largest absolute Gasteiger partial charge is 0.340 e. The average molecular weight is 580 g/mol. The van der Waals surface area contributed by atoms with Gasteiger partial charge in [0.2, 0.25) is 11.9 Å². The first-order chi connectivity index (χ1) is 18.2. The summed E-state index contributed by atoms with van der Waals surface area (Å²) in [6, 6.07) is 15.7. The van der Waals surface area contributed by atoms with Crippen LogP contribution in [0.5, 0.6) is 0 Å². The Hall–Kier alpha value is -3.70. The number of hydrogen-bond acceptors (Lipinski definition) is 6. The van der Waals surface area contributed by atoms with Gasteiger partial charge in [0.1, 0.15) is 0 Å². The first-order valence-corrected chi connectivity index (χ1v) is 13.2. The van der Waals surface area contributed by atoms with Crippen LogP contribution in [-0.4, -0.2) is 62.2 Å². The minimum Gasteiger partial charge on any atom is -0.340 e. The molecule has 1 fully saturated rings. The topological polar surface area (TPSA) is 97.4 Å². The lowest BCUT2D eigenvalue weighted by atomic mass is 10.2. The minimum atomic E-state index is -0.410. The van der Waals surface area contributed by atoms with Crippen LogP contribution in [0.3, 0.4) is 0 Å². The van der Waals surface area contributed by atoms with E-state index in [1.54, 1.807) is 7.05 Å². The molecule has 1 N–H and O–H groups in total. The SMILES string of the molecule is Cc1ccc(NC(=O)CN2CCN(c3nc4c(c(=O)n(C)c(=O)n4C)n3Cc3ccc(Br)cc3)CC2)cc1. The van der Waals surface area contributed by atoms with Gasteiger partial charge in [0.15, 0.2) is 11.2 Å². The van der Waals surface area contributed by atoms with Crippen LogP contribution in [0, 0.1) is 6.92 Å². The second-order valence-corrected chi connectivity index (χ2v) is 10.6. The molecule has 2 aromatic heterocycles. The molecule has 1 aliphatic heterocycles. The van der Waals surface area contributed by atoms with Crippen LogP contribution >= 0.6 is 15.9 Å². The zero-order valence-corrected chi connectivity index (χ0v) is 23.2. The minimum absolute atomic E-state index is 0.0525. The molecular weight excluding hydrogens is 550 g/mol. The maximum Gasteiger partial charge on any atom is 0.332 e. The van der Waals surface area contributed by atoms with Crippen molar-refractivity contribution < 1.29 is 4.79 Å². The van der Waals surface area contributed by atoms with Crippen molar-refractivity contribution in [3.05, 3.63) is 85.0 Å². The molecule has 0 spiro atoms. The molecule has 11 heteroatoms. The van der Waals surface area contributed by atoms with Crippen LogP contribution in [0.1, 0.15) is 11.1 Å². The fourth-order valence-electron chi connectivity index (χ4n) is 4.75. The third-order valence-corrected chi connectivity index (χ3v) is 7.47. The summed E-state index contributed by atoms with van der Waals surface area (Å²) in [6.45, 7) is 5.35. The van der Waals surface area contributed by atoms with Crippen LogP contribution in [-0.2, 0) is 25.4 Å². The Balaban J connectivity index is 1.38. The lowest BCUT2D eigenvalue weighted by molar-refractivity contribution is -0.117. The number of nitrogens with one attached hydrogen (secondary N) is 1. The number of rotatable bonds is 6. The summed E-state index contributed by atoms with van der Waals surface area (Å²) in [7, 11) is 3.12. The molecule has 38 heavy (non-hydrogen) atoms. The molecule has 4 aromatic rings. The number of carbonyl (C=O) groups is 1. The number of fused-ring (bicyclic) bond motifs is 1. The van der Waals surface area contributed by atoms with Crippen molar-refractivity contribution >= 4 is 44.6 Å². The van der Waals surface area contributed by atoms with E-state index < -0.39 is 5.69 Å². The molecule has 1 amide bonds. The molecule has 0 atom stereocenters. The monoisotopic (exact) mass is 579 g/mol. The molecule has 0 aliphatic carbocycles. The molecule has 0 radical (unpaired) electrons. The van der Waals surface area contributed by atoms with Crippen molar-refractivity contribution in [2.24, 2.45) is 14.1 Å². The molecule has 0 bridgehead atoms. The van der Waals surface area contributed by atoms with Gasteiger partial charge in [0, 0.05) is 50.4 Å². The van der Waals surface area contributed by atoms with E-state index in [1.165, 1.54) is 11.6 Å². The average Bonchev–Trinajstić information content (AvgIpc) is 3.28. The number of piperazine rings is 1. The van der Waals surface area contributed by atoms with Crippen LogP contribution in [0.2, 0.25) is 0 Å². The molecule has 10 nitrogen and oxygen atoms in total. The number of amides is 1. The van der Waals surface area contributed by atoms with Crippen molar-refractivity contribution in [2.45, 2.75) is 13.5 Å². The lowest BCUT2D eigenvalue weighted by Crippen LogP contribution is -2.49. The summed E-state index contributed by atoms with van der Waals surface area (Å²) >= 11 is 3.47. The first-order valence-electron chi connectivity index (χ1n) is 12.5. The fourth-order valence-corrected chi connectivity index (χ4v) is 5.01. The Kier molecular flexibility index (Phi) is 7.22. The van der Waals surface area contributed by atoms with Gasteiger partial charge in [-0.1, -0.05) is 45.8 Å². The quantitative estimate of drug-likeness (QED) is 0.376. The van der Waals surface area contributed by atoms with E-state index in [4.69, 9.17) is 4.98 Å². The number of aromatic nitrogens is 4. The van der Waals surface area contributed by atoms with Crippen molar-refractivity contribution in [1.29, 1.82) is 0 Å². The van der Waals surface area contributed by atoms with Gasteiger partial charge >= 0.3 is 5.69 Å². The van der Waals surface area contributed by atoms with E-state index in [-0.39, 0.29) is 11.5 Å². The van der Waals surface area contributed by atoms with E-state index in [1.807, 2.05) is 60.0 Å². The third kappa shape index (κ3) is 5.16. The second-order valence-electron chi connectivity index (χ2n) is 9.68. The molecule has 5 rings (SSSR count). The highest BCUT2D eigenvalue weighted by atomic mass is 79.9. The van der Waals surface area contributed by atoms with E-state index in [0.717, 1.165) is 25.9 Å². The van der Waals surface area contributed by atoms with E-state index in [0.29, 0.717) is 56.4 Å². The number of nitrogens with zero attached hydrogens (tertiary/aromatic N) is 6. The molecule has 3 heterocycles. The highest BCUT2D eigenvalue weighted by molar-refractivity contribution is 9.10. The van der Waals surface area contributed by atoms with Crippen molar-refractivity contribution in [1.82, 2.24) is 23.6 Å². The van der Waals surface area contributed by atoms with Gasteiger partial charge in [-0.05, 0) is 36.8 Å². The summed E-state index contributed by atoms with van der Waals surface area (Å²) < 4.78 is 5.42. The normalized spacial score (nSPS) is 14.3. The maximum absolute atomic E-state index is 13.2. The summed E-state index contributed by atoms with van der Waals surface area (Å²) in [5.74, 6) is 0.591. The lowest BCUT2D eigenvalue weighted by Gasteiger charge is -2.35. The maximum atomic E-state index is 13.2. The molecule has 0 unspecified atom stereocenters. The molecule has 2 aromatic carbocycles. The summed E-state index contributed by atoms with van der Waals surface area (Å²) in [5.41, 5.74) is 2.92. The zero-order chi connectivity index (χ0) is 27.0. The van der Waals surface area contributed by atoms with E-state index >= 15 is 0 Å². The highest BCUT2D eigenvalue weighted by Crippen LogP contribution is 2.23. The van der Waals surface area contributed by atoms with Gasteiger partial charge in [-0.3, -0.25) is 28.2 Å². The predicted molar refractivity (Wildman–Crippen MR) is 152 cm³/mol. The third-order valence-electron chi connectivity index (χ3n) is 6.94. The van der Waals surface area contributed by atoms with Crippen molar-refractivity contribution in [3.63, 3.8) is 0 Å². The standard InChI is InChI=1S/C27H30BrN7O3/c1-18-4-10-21(11-5-18)29-22(36)17-33-12-14-34(15-13-33)26-30-24-23(25(37)32(3)27(38)31(24)2)35(26)16-19-6-8-20(28)9-7-19/h4-11H,12-17H2,1-3H3,(H,29,36). The Bertz CT molecular complexity index is 1600. The number of carbonyl (C=O) groups excluding carboxylic acids is 1.